The highest BCUT2D eigenvalue weighted by molar-refractivity contribution is 6.10. The number of aromatic amines is 1. The molecule has 3 N–H and O–H groups in total. The van der Waals surface area contributed by atoms with Gasteiger partial charge < -0.3 is 34.5 Å². The van der Waals surface area contributed by atoms with Gasteiger partial charge in [-0.2, -0.15) is 0 Å². The number of carbonyl (C=O) groups excluding carboxylic acids is 2. The van der Waals surface area contributed by atoms with Crippen molar-refractivity contribution in [2.24, 2.45) is 5.92 Å². The number of aliphatic hydroxyl groups excluding tert-OH is 1. The molecule has 2 fully saturated rings. The highest BCUT2D eigenvalue weighted by Crippen LogP contribution is 2.49. The molecule has 3 aromatic rings. The molecule has 38 heavy (non-hydrogen) atoms. The molecule has 4 heterocycles. The van der Waals surface area contributed by atoms with Crippen molar-refractivity contribution in [2.45, 2.75) is 51.7 Å². The van der Waals surface area contributed by atoms with Crippen LogP contribution < -0.4 is 19.5 Å². The number of hydrogen-bond acceptors (Lipinski definition) is 7. The molecule has 1 atom stereocenters. The van der Waals surface area contributed by atoms with E-state index in [1.165, 1.54) is 19.8 Å². The van der Waals surface area contributed by atoms with Gasteiger partial charge in [0.1, 0.15) is 17.4 Å². The largest absolute Gasteiger partial charge is 0.493 e. The highest BCUT2D eigenvalue weighted by Gasteiger charge is 2.30. The third kappa shape index (κ3) is 4.53. The summed E-state index contributed by atoms with van der Waals surface area (Å²) in [6, 6.07) is 5.61. The first-order chi connectivity index (χ1) is 18.4. The first kappa shape index (κ1) is 24.5. The fourth-order valence-electron chi connectivity index (χ4n) is 5.28. The van der Waals surface area contributed by atoms with Crippen LogP contribution in [0.5, 0.6) is 17.2 Å². The lowest BCUT2D eigenvalue weighted by Crippen LogP contribution is -2.48. The number of rotatable bonds is 7. The van der Waals surface area contributed by atoms with E-state index >= 15 is 0 Å². The fraction of sp³-hybridized carbons (Fsp3) is 0.464. The van der Waals surface area contributed by atoms with Crippen LogP contribution in [0.1, 0.15) is 48.7 Å². The molecule has 1 aromatic carbocycles. The first-order valence-corrected chi connectivity index (χ1v) is 13.2. The summed E-state index contributed by atoms with van der Waals surface area (Å²) in [5.74, 6) is 2.10. The zero-order valence-electron chi connectivity index (χ0n) is 21.6. The molecule has 200 valence electrons. The predicted octanol–water partition coefficient (Wildman–Crippen LogP) is 3.16. The number of fused-ring (bicyclic) bond motifs is 2. The van der Waals surface area contributed by atoms with Gasteiger partial charge in [-0.1, -0.05) is 0 Å². The third-order valence-electron chi connectivity index (χ3n) is 7.54. The van der Waals surface area contributed by atoms with Gasteiger partial charge >= 0.3 is 0 Å². The Kier molecular flexibility index (Phi) is 6.35. The van der Waals surface area contributed by atoms with Crippen LogP contribution in [0.25, 0.3) is 22.2 Å². The van der Waals surface area contributed by atoms with Crippen molar-refractivity contribution >= 4 is 22.8 Å². The van der Waals surface area contributed by atoms with Crippen LogP contribution in [0.3, 0.4) is 0 Å². The lowest BCUT2D eigenvalue weighted by atomic mass is 10.0. The molecule has 1 saturated heterocycles. The SMILES string of the molecule is Cc1[nH]c2c(-c3c(OCC4CC4)ccc4c3OCO4)ccnc2c1C(=O)NC1CCN(C(=O)[C@H](C)O)CC1. The van der Waals surface area contributed by atoms with E-state index < -0.39 is 6.10 Å². The fourth-order valence-corrected chi connectivity index (χ4v) is 5.28. The molecule has 0 unspecified atom stereocenters. The van der Waals surface area contributed by atoms with Gasteiger partial charge in [0.2, 0.25) is 6.79 Å². The van der Waals surface area contributed by atoms with Gasteiger partial charge in [-0.05, 0) is 63.6 Å². The van der Waals surface area contributed by atoms with Crippen molar-refractivity contribution in [1.82, 2.24) is 20.2 Å². The van der Waals surface area contributed by atoms with Crippen molar-refractivity contribution in [3.63, 3.8) is 0 Å². The molecule has 10 heteroatoms. The minimum atomic E-state index is -1.02. The van der Waals surface area contributed by atoms with Gasteiger partial charge in [-0.3, -0.25) is 14.6 Å². The number of nitrogens with one attached hydrogen (secondary N) is 2. The Morgan fingerprint density at radius 1 is 1.21 bits per heavy atom. The number of carbonyl (C=O) groups is 2. The molecular formula is C28H32N4O6. The summed E-state index contributed by atoms with van der Waals surface area (Å²) < 4.78 is 17.7. The number of likely N-dealkylation sites (tertiary alicyclic amines) is 1. The molecule has 10 nitrogen and oxygen atoms in total. The van der Waals surface area contributed by atoms with E-state index in [0.29, 0.717) is 72.5 Å². The Hall–Kier alpha value is -3.79. The Balaban J connectivity index is 1.29. The molecule has 1 aliphatic carbocycles. The molecule has 2 aromatic heterocycles. The van der Waals surface area contributed by atoms with Gasteiger partial charge in [0, 0.05) is 36.6 Å². The van der Waals surface area contributed by atoms with Gasteiger partial charge in [-0.15, -0.1) is 0 Å². The van der Waals surface area contributed by atoms with E-state index in [-0.39, 0.29) is 24.6 Å². The number of piperidine rings is 1. The van der Waals surface area contributed by atoms with E-state index in [9.17, 15) is 14.7 Å². The molecule has 0 bridgehead atoms. The first-order valence-electron chi connectivity index (χ1n) is 13.2. The van der Waals surface area contributed by atoms with E-state index in [0.717, 1.165) is 16.6 Å². The molecule has 3 aliphatic rings. The molecule has 0 spiro atoms. The highest BCUT2D eigenvalue weighted by atomic mass is 16.7. The topological polar surface area (TPSA) is 126 Å². The van der Waals surface area contributed by atoms with Crippen LogP contribution in [0.15, 0.2) is 24.4 Å². The minimum Gasteiger partial charge on any atom is -0.493 e. The van der Waals surface area contributed by atoms with Crippen molar-refractivity contribution in [2.75, 3.05) is 26.5 Å². The van der Waals surface area contributed by atoms with Crippen molar-refractivity contribution in [1.29, 1.82) is 0 Å². The summed E-state index contributed by atoms with van der Waals surface area (Å²) >= 11 is 0. The van der Waals surface area contributed by atoms with Crippen LogP contribution in [0.4, 0.5) is 0 Å². The smallest absolute Gasteiger partial charge is 0.255 e. The summed E-state index contributed by atoms with van der Waals surface area (Å²) in [7, 11) is 0. The van der Waals surface area contributed by atoms with Gasteiger partial charge in [0.15, 0.2) is 11.5 Å². The third-order valence-corrected chi connectivity index (χ3v) is 7.54. The maximum atomic E-state index is 13.5. The molecule has 6 rings (SSSR count). The number of aryl methyl sites for hydroxylation is 1. The van der Waals surface area contributed by atoms with E-state index in [1.54, 1.807) is 11.1 Å². The van der Waals surface area contributed by atoms with Crippen LogP contribution in [-0.4, -0.2) is 70.4 Å². The summed E-state index contributed by atoms with van der Waals surface area (Å²) in [5, 5.41) is 12.7. The maximum Gasteiger partial charge on any atom is 0.255 e. The Bertz CT molecular complexity index is 1390. The number of H-pyrrole nitrogens is 1. The number of nitrogens with zero attached hydrogens (tertiary/aromatic N) is 2. The second-order valence-corrected chi connectivity index (χ2v) is 10.4. The second kappa shape index (κ2) is 9.83. The van der Waals surface area contributed by atoms with Crippen LogP contribution in [0, 0.1) is 12.8 Å². The van der Waals surface area contributed by atoms with Gasteiger partial charge in [0.05, 0.1) is 23.3 Å². The molecule has 2 aliphatic heterocycles. The second-order valence-electron chi connectivity index (χ2n) is 10.4. The van der Waals surface area contributed by atoms with Crippen LogP contribution in [0.2, 0.25) is 0 Å². The molecular weight excluding hydrogens is 488 g/mol. The van der Waals surface area contributed by atoms with Crippen molar-refractivity contribution < 1.29 is 28.9 Å². The lowest BCUT2D eigenvalue weighted by molar-refractivity contribution is -0.140. The monoisotopic (exact) mass is 520 g/mol. The van der Waals surface area contributed by atoms with Gasteiger partial charge in [0.25, 0.3) is 11.8 Å². The maximum absolute atomic E-state index is 13.5. The Morgan fingerprint density at radius 2 is 2.00 bits per heavy atom. The predicted molar refractivity (Wildman–Crippen MR) is 139 cm³/mol. The minimum absolute atomic E-state index is 0.0709. The number of benzene rings is 1. The van der Waals surface area contributed by atoms with Crippen molar-refractivity contribution in [3.8, 4) is 28.4 Å². The summed E-state index contributed by atoms with van der Waals surface area (Å²) in [6.45, 7) is 5.12. The average Bonchev–Trinajstić information content (AvgIpc) is 3.50. The van der Waals surface area contributed by atoms with Crippen LogP contribution in [-0.2, 0) is 4.79 Å². The van der Waals surface area contributed by atoms with E-state index in [4.69, 9.17) is 14.2 Å². The standard InChI is InChI=1S/C28H32N4O6/c1-15-22(27(34)31-18-8-11-32(12-9-18)28(35)16(2)33)25-24(30-15)19(7-10-29-25)23-20(36-13-17-3-4-17)5-6-21-26(23)38-14-37-21/h5-7,10,16-18,30,33H,3-4,8-9,11-14H2,1-2H3,(H,31,34)/t16-/m0/s1. The number of aromatic nitrogens is 2. The number of amides is 2. The molecule has 0 radical (unpaired) electrons. The summed E-state index contributed by atoms with van der Waals surface area (Å²) in [5.41, 5.74) is 4.13. The van der Waals surface area contributed by atoms with Crippen molar-refractivity contribution in [3.05, 3.63) is 35.7 Å². The number of ether oxygens (including phenoxy) is 3. The number of pyridine rings is 1. The Labute approximate surface area is 220 Å². The Morgan fingerprint density at radius 3 is 2.74 bits per heavy atom. The van der Waals surface area contributed by atoms with Crippen LogP contribution >= 0.6 is 0 Å². The lowest BCUT2D eigenvalue weighted by Gasteiger charge is -2.33. The molecule has 1 saturated carbocycles. The summed E-state index contributed by atoms with van der Waals surface area (Å²) in [6.07, 6.45) is 4.30. The number of hydrogen-bond donors (Lipinski definition) is 3. The van der Waals surface area contributed by atoms with E-state index in [1.807, 2.05) is 25.1 Å². The zero-order chi connectivity index (χ0) is 26.4. The summed E-state index contributed by atoms with van der Waals surface area (Å²) in [4.78, 5) is 35.1. The van der Waals surface area contributed by atoms with E-state index in [2.05, 4.69) is 15.3 Å². The normalized spacial score (nSPS) is 18.0. The number of aliphatic hydroxyl groups is 1. The van der Waals surface area contributed by atoms with Gasteiger partial charge in [-0.25, -0.2) is 0 Å². The molecule has 2 amide bonds. The quantitative estimate of drug-likeness (QED) is 0.437. The zero-order valence-corrected chi connectivity index (χ0v) is 21.6. The average molecular weight is 521 g/mol.